The molecule has 0 aliphatic rings. The maximum atomic E-state index is 11.7. The third-order valence-electron chi connectivity index (χ3n) is 2.64. The second-order valence-corrected chi connectivity index (χ2v) is 5.96. The Kier molecular flexibility index (Phi) is 2.23. The van der Waals surface area contributed by atoms with Crippen molar-refractivity contribution in [3.8, 4) is 0 Å². The quantitative estimate of drug-likeness (QED) is 0.670. The van der Waals surface area contributed by atoms with Crippen LogP contribution in [0.3, 0.4) is 0 Å². The summed E-state index contributed by atoms with van der Waals surface area (Å²) < 4.78 is 2.07. The Morgan fingerprint density at radius 1 is 1.27 bits per heavy atom. The van der Waals surface area contributed by atoms with Crippen LogP contribution in [0.25, 0.3) is 10.9 Å². The van der Waals surface area contributed by atoms with E-state index in [-0.39, 0.29) is 10.2 Å². The monoisotopic (exact) mass is 221 g/mol. The first-order valence-corrected chi connectivity index (χ1v) is 5.77. The molecule has 0 atom stereocenters. The van der Waals surface area contributed by atoms with E-state index in [9.17, 15) is 4.79 Å². The minimum atomic E-state index is 0.0984. The maximum absolute atomic E-state index is 11.7. The molecular formula is C12H15NOS. The molecule has 0 saturated heterocycles. The Labute approximate surface area is 93.3 Å². The van der Waals surface area contributed by atoms with E-state index < -0.39 is 0 Å². The molecule has 0 fully saturated rings. The summed E-state index contributed by atoms with van der Waals surface area (Å²) in [5.74, 6) is 0. The van der Waals surface area contributed by atoms with E-state index in [1.165, 1.54) is 17.1 Å². The van der Waals surface area contributed by atoms with Gasteiger partial charge in [0.2, 0.25) is 0 Å². The minimum Gasteiger partial charge on any atom is -0.297 e. The molecule has 0 spiro atoms. The highest BCUT2D eigenvalue weighted by molar-refractivity contribution is 7.05. The Hall–Kier alpha value is -1.09. The fourth-order valence-electron chi connectivity index (χ4n) is 1.66. The number of aromatic nitrogens is 1. The summed E-state index contributed by atoms with van der Waals surface area (Å²) in [4.78, 5) is 11.7. The van der Waals surface area contributed by atoms with Gasteiger partial charge in [-0.25, -0.2) is 0 Å². The topological polar surface area (TPSA) is 22.0 Å². The van der Waals surface area contributed by atoms with Crippen molar-refractivity contribution < 1.29 is 0 Å². The lowest BCUT2D eigenvalue weighted by Gasteiger charge is -2.18. The highest BCUT2D eigenvalue weighted by Gasteiger charge is 2.15. The van der Waals surface area contributed by atoms with Crippen LogP contribution < -0.4 is 4.74 Å². The van der Waals surface area contributed by atoms with Crippen molar-refractivity contribution in [1.82, 2.24) is 3.96 Å². The molecule has 0 N–H and O–H groups in total. The Bertz CT molecular complexity index is 557. The zero-order chi connectivity index (χ0) is 11.2. The first-order valence-electron chi connectivity index (χ1n) is 5.00. The van der Waals surface area contributed by atoms with E-state index in [1.807, 2.05) is 23.1 Å². The molecule has 80 valence electrons. The van der Waals surface area contributed by atoms with Crippen molar-refractivity contribution in [2.45, 2.75) is 26.2 Å². The van der Waals surface area contributed by atoms with Crippen LogP contribution in [0.15, 0.2) is 23.0 Å². The van der Waals surface area contributed by atoms with Crippen molar-refractivity contribution in [1.29, 1.82) is 0 Å². The number of nitrogens with zero attached hydrogens (tertiary/aromatic N) is 1. The molecular weight excluding hydrogens is 206 g/mol. The van der Waals surface area contributed by atoms with Crippen molar-refractivity contribution in [3.63, 3.8) is 0 Å². The van der Waals surface area contributed by atoms with E-state index in [0.717, 1.165) is 10.9 Å². The Morgan fingerprint density at radius 3 is 2.53 bits per heavy atom. The van der Waals surface area contributed by atoms with Gasteiger partial charge in [-0.15, -0.1) is 0 Å². The molecule has 0 bridgehead atoms. The fraction of sp³-hybridized carbons (Fsp3) is 0.417. The van der Waals surface area contributed by atoms with Gasteiger partial charge < -0.3 is 0 Å². The summed E-state index contributed by atoms with van der Waals surface area (Å²) in [6.45, 7) is 6.47. The van der Waals surface area contributed by atoms with E-state index in [4.69, 9.17) is 0 Å². The van der Waals surface area contributed by atoms with Gasteiger partial charge in [0.25, 0.3) is 4.74 Å². The molecule has 3 heteroatoms. The molecule has 2 aromatic rings. The van der Waals surface area contributed by atoms with E-state index >= 15 is 0 Å². The lowest BCUT2D eigenvalue weighted by atomic mass is 9.86. The van der Waals surface area contributed by atoms with Crippen molar-refractivity contribution in [3.05, 3.63) is 33.3 Å². The number of rotatable bonds is 0. The molecule has 0 unspecified atom stereocenters. The highest BCUT2D eigenvalue weighted by Crippen LogP contribution is 2.25. The largest absolute Gasteiger partial charge is 0.297 e. The summed E-state index contributed by atoms with van der Waals surface area (Å²) in [7, 11) is 1.92. The third kappa shape index (κ3) is 1.72. The average molecular weight is 221 g/mol. The summed E-state index contributed by atoms with van der Waals surface area (Å²) in [6.07, 6.45) is 0. The van der Waals surface area contributed by atoms with Gasteiger partial charge in [0.05, 0.1) is 10.9 Å². The molecule has 1 aromatic heterocycles. The third-order valence-corrected chi connectivity index (χ3v) is 3.50. The molecule has 0 amide bonds. The van der Waals surface area contributed by atoms with Gasteiger partial charge in [0.15, 0.2) is 0 Å². The molecule has 0 saturated carbocycles. The Balaban J connectivity index is 2.77. The molecule has 2 rings (SSSR count). The summed E-state index contributed by atoms with van der Waals surface area (Å²) >= 11 is 1.26. The van der Waals surface area contributed by atoms with Gasteiger partial charge in [-0.1, -0.05) is 26.8 Å². The first kappa shape index (κ1) is 10.4. The molecule has 1 heterocycles. The fourth-order valence-corrected chi connectivity index (χ4v) is 2.43. The average Bonchev–Trinajstić information content (AvgIpc) is 2.41. The van der Waals surface area contributed by atoms with E-state index in [1.54, 1.807) is 0 Å². The van der Waals surface area contributed by atoms with Crippen molar-refractivity contribution in [2.75, 3.05) is 0 Å². The number of fused-ring (bicyclic) bond motifs is 1. The van der Waals surface area contributed by atoms with Crippen LogP contribution in [-0.2, 0) is 12.5 Å². The van der Waals surface area contributed by atoms with Gasteiger partial charge >= 0.3 is 0 Å². The molecule has 1 aromatic carbocycles. The van der Waals surface area contributed by atoms with Crippen LogP contribution in [0.5, 0.6) is 0 Å². The standard InChI is InChI=1S/C12H15NOS/c1-12(2,3)8-5-6-10-9(7-8)11(14)15-13(10)4/h5-7H,1-4H3. The molecule has 0 aliphatic heterocycles. The smallest absolute Gasteiger partial charge is 0.257 e. The maximum Gasteiger partial charge on any atom is 0.257 e. The van der Waals surface area contributed by atoms with Gasteiger partial charge in [-0.2, -0.15) is 0 Å². The van der Waals surface area contributed by atoms with Crippen LogP contribution in [0, 0.1) is 0 Å². The predicted molar refractivity (Wildman–Crippen MR) is 65.8 cm³/mol. The van der Waals surface area contributed by atoms with Crippen molar-refractivity contribution in [2.24, 2.45) is 7.05 Å². The molecule has 0 aliphatic carbocycles. The minimum absolute atomic E-state index is 0.0984. The van der Waals surface area contributed by atoms with Crippen LogP contribution in [0.4, 0.5) is 0 Å². The number of benzene rings is 1. The van der Waals surface area contributed by atoms with Gasteiger partial charge in [0.1, 0.15) is 0 Å². The van der Waals surface area contributed by atoms with Crippen LogP contribution in [-0.4, -0.2) is 3.96 Å². The lowest BCUT2D eigenvalue weighted by molar-refractivity contribution is 0.591. The van der Waals surface area contributed by atoms with Gasteiger partial charge in [-0.05, 0) is 34.6 Å². The summed E-state index contributed by atoms with van der Waals surface area (Å²) in [6, 6.07) is 6.16. The zero-order valence-electron chi connectivity index (χ0n) is 9.50. The van der Waals surface area contributed by atoms with E-state index in [0.29, 0.717) is 0 Å². The van der Waals surface area contributed by atoms with Gasteiger partial charge in [0, 0.05) is 7.05 Å². The zero-order valence-corrected chi connectivity index (χ0v) is 10.3. The lowest BCUT2D eigenvalue weighted by Crippen LogP contribution is -2.11. The summed E-state index contributed by atoms with van der Waals surface area (Å²) in [5, 5.41) is 0.843. The second kappa shape index (κ2) is 3.20. The first-order chi connectivity index (χ1) is 6.89. The SMILES string of the molecule is Cn1sc(=O)c2cc(C(C)(C)C)ccc21. The van der Waals surface area contributed by atoms with E-state index in [2.05, 4.69) is 26.8 Å². The van der Waals surface area contributed by atoms with Crippen LogP contribution >= 0.6 is 11.5 Å². The number of aryl methyl sites for hydroxylation is 1. The molecule has 15 heavy (non-hydrogen) atoms. The molecule has 0 radical (unpaired) electrons. The van der Waals surface area contributed by atoms with Crippen LogP contribution in [0.2, 0.25) is 0 Å². The van der Waals surface area contributed by atoms with Crippen LogP contribution in [0.1, 0.15) is 26.3 Å². The Morgan fingerprint density at radius 2 is 1.93 bits per heavy atom. The van der Waals surface area contributed by atoms with Gasteiger partial charge in [-0.3, -0.25) is 8.75 Å². The second-order valence-electron chi connectivity index (χ2n) is 4.86. The normalized spacial score (nSPS) is 12.3. The van der Waals surface area contributed by atoms with Crippen molar-refractivity contribution >= 4 is 22.4 Å². The number of hydrogen-bond donors (Lipinski definition) is 0. The predicted octanol–water partition coefficient (Wildman–Crippen LogP) is 2.90. The summed E-state index contributed by atoms with van der Waals surface area (Å²) in [5.41, 5.74) is 2.34. The highest BCUT2D eigenvalue weighted by atomic mass is 32.1. The number of hydrogen-bond acceptors (Lipinski definition) is 2. The molecule has 2 nitrogen and oxygen atoms in total.